The molecule has 0 radical (unpaired) electrons. The summed E-state index contributed by atoms with van der Waals surface area (Å²) < 4.78 is 0. The Bertz CT molecular complexity index is 636. The van der Waals surface area contributed by atoms with Crippen LogP contribution in [0.2, 0.25) is 0 Å². The summed E-state index contributed by atoms with van der Waals surface area (Å²) >= 11 is 0. The molecule has 0 heterocycles. The number of benzene rings is 2. The Morgan fingerprint density at radius 2 is 1.40 bits per heavy atom. The van der Waals surface area contributed by atoms with E-state index in [9.17, 15) is 4.79 Å². The Hall–Kier alpha value is -2.33. The van der Waals surface area contributed by atoms with E-state index in [0.29, 0.717) is 13.1 Å². The van der Waals surface area contributed by atoms with Crippen molar-refractivity contribution < 1.29 is 4.79 Å². The van der Waals surface area contributed by atoms with Crippen LogP contribution in [0.4, 0.5) is 4.79 Å². The average molecular weight is 339 g/mol. The van der Waals surface area contributed by atoms with Gasteiger partial charge in [-0.05, 0) is 29.8 Å². The van der Waals surface area contributed by atoms with Crippen molar-refractivity contribution >= 4 is 6.03 Å². The van der Waals surface area contributed by atoms with Gasteiger partial charge in [-0.15, -0.1) is 0 Å². The van der Waals surface area contributed by atoms with E-state index >= 15 is 0 Å². The van der Waals surface area contributed by atoms with Crippen LogP contribution >= 0.6 is 0 Å². The van der Waals surface area contributed by atoms with Gasteiger partial charge < -0.3 is 10.2 Å². The number of urea groups is 1. The number of rotatable bonds is 8. The smallest absolute Gasteiger partial charge is 0.317 e. The number of nitrogens with zero attached hydrogens (tertiary/aromatic N) is 2. The molecule has 4 heteroatoms. The van der Waals surface area contributed by atoms with Gasteiger partial charge in [-0.25, -0.2) is 4.79 Å². The SMILES string of the molecule is CCN(CC)Cc1ccc(CNC(=O)N(C)Cc2ccccc2)cc1. The number of hydrogen-bond acceptors (Lipinski definition) is 2. The van der Waals surface area contributed by atoms with Crippen molar-refractivity contribution in [2.45, 2.75) is 33.5 Å². The van der Waals surface area contributed by atoms with Gasteiger partial charge in [-0.2, -0.15) is 0 Å². The van der Waals surface area contributed by atoms with Crippen LogP contribution in [0.15, 0.2) is 54.6 Å². The molecule has 0 bridgehead atoms. The highest BCUT2D eigenvalue weighted by Crippen LogP contribution is 2.08. The highest BCUT2D eigenvalue weighted by Gasteiger charge is 2.08. The Balaban J connectivity index is 1.81. The fraction of sp³-hybridized carbons (Fsp3) is 0.381. The van der Waals surface area contributed by atoms with E-state index in [1.807, 2.05) is 37.4 Å². The standard InChI is InChI=1S/C21H29N3O/c1-4-24(5-2)17-20-13-11-18(12-14-20)15-22-21(25)23(3)16-19-9-7-6-8-10-19/h6-14H,4-5,15-17H2,1-3H3,(H,22,25). The van der Waals surface area contributed by atoms with Crippen molar-refractivity contribution in [2.24, 2.45) is 0 Å². The van der Waals surface area contributed by atoms with Crippen LogP contribution in [-0.4, -0.2) is 36.0 Å². The molecule has 2 aromatic rings. The van der Waals surface area contributed by atoms with Crippen molar-refractivity contribution in [3.8, 4) is 0 Å². The van der Waals surface area contributed by atoms with Crippen molar-refractivity contribution in [1.29, 1.82) is 0 Å². The fourth-order valence-electron chi connectivity index (χ4n) is 2.71. The van der Waals surface area contributed by atoms with E-state index < -0.39 is 0 Å². The number of carbonyl (C=O) groups is 1. The Labute approximate surface area is 151 Å². The molecule has 0 saturated carbocycles. The third kappa shape index (κ3) is 6.24. The molecule has 1 N–H and O–H groups in total. The molecule has 2 rings (SSSR count). The highest BCUT2D eigenvalue weighted by molar-refractivity contribution is 5.73. The third-order valence-corrected chi connectivity index (χ3v) is 4.38. The van der Waals surface area contributed by atoms with Crippen LogP contribution < -0.4 is 5.32 Å². The maximum atomic E-state index is 12.2. The van der Waals surface area contributed by atoms with Crippen LogP contribution in [0.1, 0.15) is 30.5 Å². The van der Waals surface area contributed by atoms with Gasteiger partial charge in [0.05, 0.1) is 0 Å². The molecule has 0 saturated heterocycles. The summed E-state index contributed by atoms with van der Waals surface area (Å²) in [6, 6.07) is 18.4. The van der Waals surface area contributed by atoms with Gasteiger partial charge in [-0.3, -0.25) is 4.90 Å². The predicted octanol–water partition coefficient (Wildman–Crippen LogP) is 3.87. The Morgan fingerprint density at radius 3 is 2.00 bits per heavy atom. The average Bonchev–Trinajstić information content (AvgIpc) is 2.65. The lowest BCUT2D eigenvalue weighted by atomic mass is 10.1. The third-order valence-electron chi connectivity index (χ3n) is 4.38. The minimum absolute atomic E-state index is 0.0592. The topological polar surface area (TPSA) is 35.6 Å². The largest absolute Gasteiger partial charge is 0.334 e. The van der Waals surface area contributed by atoms with Gasteiger partial charge in [0.1, 0.15) is 0 Å². The number of carbonyl (C=O) groups excluding carboxylic acids is 1. The van der Waals surface area contributed by atoms with Gasteiger partial charge >= 0.3 is 6.03 Å². The second kappa shape index (κ2) is 9.84. The molecular weight excluding hydrogens is 310 g/mol. The van der Waals surface area contributed by atoms with Crippen molar-refractivity contribution in [3.05, 3.63) is 71.3 Å². The normalized spacial score (nSPS) is 10.7. The molecule has 2 aromatic carbocycles. The van der Waals surface area contributed by atoms with E-state index in [4.69, 9.17) is 0 Å². The maximum Gasteiger partial charge on any atom is 0.317 e. The first-order valence-corrected chi connectivity index (χ1v) is 8.95. The summed E-state index contributed by atoms with van der Waals surface area (Å²) in [6.45, 7) is 8.60. The number of hydrogen-bond donors (Lipinski definition) is 1. The lowest BCUT2D eigenvalue weighted by molar-refractivity contribution is 0.206. The second-order valence-electron chi connectivity index (χ2n) is 6.28. The Kier molecular flexibility index (Phi) is 7.48. The van der Waals surface area contributed by atoms with Crippen LogP contribution in [0.25, 0.3) is 0 Å². The second-order valence-corrected chi connectivity index (χ2v) is 6.28. The maximum absolute atomic E-state index is 12.2. The first kappa shape index (κ1) is 19.0. The fourth-order valence-corrected chi connectivity index (χ4v) is 2.71. The summed E-state index contributed by atoms with van der Waals surface area (Å²) in [7, 11) is 1.81. The Morgan fingerprint density at radius 1 is 0.840 bits per heavy atom. The monoisotopic (exact) mass is 339 g/mol. The lowest BCUT2D eigenvalue weighted by Gasteiger charge is -2.19. The molecule has 0 spiro atoms. The first-order chi connectivity index (χ1) is 12.1. The van der Waals surface area contributed by atoms with Crippen molar-refractivity contribution in [3.63, 3.8) is 0 Å². The number of amides is 2. The highest BCUT2D eigenvalue weighted by atomic mass is 16.2. The summed E-state index contributed by atoms with van der Waals surface area (Å²) in [5.41, 5.74) is 3.55. The van der Waals surface area contributed by atoms with Crippen molar-refractivity contribution in [1.82, 2.24) is 15.1 Å². The van der Waals surface area contributed by atoms with Gasteiger partial charge in [0.25, 0.3) is 0 Å². The molecule has 4 nitrogen and oxygen atoms in total. The summed E-state index contributed by atoms with van der Waals surface area (Å²) in [6.07, 6.45) is 0. The minimum atomic E-state index is -0.0592. The van der Waals surface area contributed by atoms with Gasteiger partial charge in [-0.1, -0.05) is 68.4 Å². The van der Waals surface area contributed by atoms with Crippen LogP contribution in [0.3, 0.4) is 0 Å². The molecule has 0 fully saturated rings. The summed E-state index contributed by atoms with van der Waals surface area (Å²) in [5.74, 6) is 0. The molecule has 0 aliphatic heterocycles. The first-order valence-electron chi connectivity index (χ1n) is 8.95. The quantitative estimate of drug-likeness (QED) is 0.792. The van der Waals surface area contributed by atoms with Gasteiger partial charge in [0.15, 0.2) is 0 Å². The van der Waals surface area contributed by atoms with E-state index in [1.54, 1.807) is 4.90 Å². The molecule has 0 unspecified atom stereocenters. The molecule has 2 amide bonds. The zero-order chi connectivity index (χ0) is 18.1. The summed E-state index contributed by atoms with van der Waals surface area (Å²) in [4.78, 5) is 16.3. The lowest BCUT2D eigenvalue weighted by Crippen LogP contribution is -2.36. The molecule has 0 aromatic heterocycles. The molecule has 0 aliphatic carbocycles. The van der Waals surface area contributed by atoms with Gasteiger partial charge in [0, 0.05) is 26.7 Å². The van der Waals surface area contributed by atoms with E-state index in [-0.39, 0.29) is 6.03 Å². The van der Waals surface area contributed by atoms with Crippen LogP contribution in [-0.2, 0) is 19.6 Å². The predicted molar refractivity (Wildman–Crippen MR) is 103 cm³/mol. The van der Waals surface area contributed by atoms with Crippen LogP contribution in [0.5, 0.6) is 0 Å². The molecule has 0 aliphatic rings. The molecular formula is C21H29N3O. The zero-order valence-corrected chi connectivity index (χ0v) is 15.5. The zero-order valence-electron chi connectivity index (χ0n) is 15.5. The van der Waals surface area contributed by atoms with Gasteiger partial charge in [0.2, 0.25) is 0 Å². The molecule has 25 heavy (non-hydrogen) atoms. The van der Waals surface area contributed by atoms with E-state index in [2.05, 4.69) is 48.3 Å². The van der Waals surface area contributed by atoms with E-state index in [0.717, 1.165) is 30.8 Å². The van der Waals surface area contributed by atoms with E-state index in [1.165, 1.54) is 5.56 Å². The summed E-state index contributed by atoms with van der Waals surface area (Å²) in [5, 5.41) is 2.98. The minimum Gasteiger partial charge on any atom is -0.334 e. The van der Waals surface area contributed by atoms with Crippen LogP contribution in [0, 0.1) is 0 Å². The molecule has 0 atom stereocenters. The molecule has 134 valence electrons. The number of nitrogens with one attached hydrogen (secondary N) is 1. The van der Waals surface area contributed by atoms with Crippen molar-refractivity contribution in [2.75, 3.05) is 20.1 Å².